The fourth-order valence-electron chi connectivity index (χ4n) is 2.24. The minimum absolute atomic E-state index is 0.0571. The molecule has 0 spiro atoms. The maximum atomic E-state index is 12.3. The Balaban J connectivity index is 2.04. The standard InChI is InChI=1S/C13H21N3O3S/c1-3-14-12-6-5-7-15-13(12)20(17,18)16-10-8-11(9-10)19-4-2/h5-7,10-11,14,16H,3-4,8-9H2,1-2H3. The van der Waals surface area contributed by atoms with Crippen molar-refractivity contribution >= 4 is 15.7 Å². The molecular formula is C13H21N3O3S. The van der Waals surface area contributed by atoms with E-state index < -0.39 is 10.0 Å². The van der Waals surface area contributed by atoms with Gasteiger partial charge in [-0.05, 0) is 38.8 Å². The second-order valence-corrected chi connectivity index (χ2v) is 6.38. The van der Waals surface area contributed by atoms with Crippen molar-refractivity contribution in [1.29, 1.82) is 0 Å². The molecule has 0 amide bonds. The number of hydrogen-bond acceptors (Lipinski definition) is 5. The monoisotopic (exact) mass is 299 g/mol. The lowest BCUT2D eigenvalue weighted by atomic mass is 9.90. The van der Waals surface area contributed by atoms with Crippen molar-refractivity contribution in [1.82, 2.24) is 9.71 Å². The van der Waals surface area contributed by atoms with Crippen LogP contribution in [0.5, 0.6) is 0 Å². The third-order valence-electron chi connectivity index (χ3n) is 3.21. The minimum Gasteiger partial charge on any atom is -0.383 e. The second kappa shape index (κ2) is 6.51. The smallest absolute Gasteiger partial charge is 0.260 e. The average Bonchev–Trinajstić information content (AvgIpc) is 2.37. The first kappa shape index (κ1) is 15.2. The molecule has 1 saturated carbocycles. The zero-order chi connectivity index (χ0) is 14.6. The molecule has 0 radical (unpaired) electrons. The predicted molar refractivity (Wildman–Crippen MR) is 77.2 cm³/mol. The number of pyridine rings is 1. The molecule has 2 N–H and O–H groups in total. The van der Waals surface area contributed by atoms with E-state index in [1.165, 1.54) is 6.20 Å². The lowest BCUT2D eigenvalue weighted by Gasteiger charge is -2.35. The minimum atomic E-state index is -3.59. The lowest BCUT2D eigenvalue weighted by molar-refractivity contribution is -0.00476. The number of aromatic nitrogens is 1. The Bertz CT molecular complexity index is 542. The topological polar surface area (TPSA) is 80.3 Å². The number of anilines is 1. The van der Waals surface area contributed by atoms with E-state index in [9.17, 15) is 8.42 Å². The Hall–Kier alpha value is -1.18. The maximum absolute atomic E-state index is 12.3. The van der Waals surface area contributed by atoms with Gasteiger partial charge in [0.25, 0.3) is 10.0 Å². The highest BCUT2D eigenvalue weighted by Crippen LogP contribution is 2.26. The maximum Gasteiger partial charge on any atom is 0.260 e. The van der Waals surface area contributed by atoms with Crippen molar-refractivity contribution in [2.24, 2.45) is 0 Å². The van der Waals surface area contributed by atoms with Gasteiger partial charge in [0, 0.05) is 25.4 Å². The summed E-state index contributed by atoms with van der Waals surface area (Å²) in [6.07, 6.45) is 3.09. The molecule has 7 heteroatoms. The molecule has 1 heterocycles. The van der Waals surface area contributed by atoms with E-state index in [1.807, 2.05) is 13.8 Å². The summed E-state index contributed by atoms with van der Waals surface area (Å²) in [5.41, 5.74) is 0.531. The van der Waals surface area contributed by atoms with Gasteiger partial charge in [-0.25, -0.2) is 18.1 Å². The zero-order valence-corrected chi connectivity index (χ0v) is 12.6. The largest absolute Gasteiger partial charge is 0.383 e. The van der Waals surface area contributed by atoms with Gasteiger partial charge in [-0.2, -0.15) is 0 Å². The fourth-order valence-corrected chi connectivity index (χ4v) is 3.61. The van der Waals surface area contributed by atoms with E-state index in [2.05, 4.69) is 15.0 Å². The van der Waals surface area contributed by atoms with Gasteiger partial charge in [0.15, 0.2) is 5.03 Å². The Morgan fingerprint density at radius 1 is 1.40 bits per heavy atom. The van der Waals surface area contributed by atoms with Gasteiger partial charge >= 0.3 is 0 Å². The molecule has 0 unspecified atom stereocenters. The van der Waals surface area contributed by atoms with Crippen LogP contribution < -0.4 is 10.0 Å². The molecule has 1 aromatic rings. The number of rotatable bonds is 7. The summed E-state index contributed by atoms with van der Waals surface area (Å²) >= 11 is 0. The van der Waals surface area contributed by atoms with Gasteiger partial charge in [-0.15, -0.1) is 0 Å². The third kappa shape index (κ3) is 3.47. The summed E-state index contributed by atoms with van der Waals surface area (Å²) < 4.78 is 32.8. The number of nitrogens with one attached hydrogen (secondary N) is 2. The van der Waals surface area contributed by atoms with Crippen molar-refractivity contribution in [3.05, 3.63) is 18.3 Å². The molecular weight excluding hydrogens is 278 g/mol. The van der Waals surface area contributed by atoms with Crippen LogP contribution in [0.25, 0.3) is 0 Å². The molecule has 2 rings (SSSR count). The molecule has 1 aromatic heterocycles. The van der Waals surface area contributed by atoms with Crippen LogP contribution in [0.3, 0.4) is 0 Å². The summed E-state index contributed by atoms with van der Waals surface area (Å²) in [6, 6.07) is 3.37. The van der Waals surface area contributed by atoms with E-state index in [1.54, 1.807) is 12.1 Å². The van der Waals surface area contributed by atoms with Crippen LogP contribution in [0.1, 0.15) is 26.7 Å². The normalized spacial score (nSPS) is 22.3. The first-order valence-corrected chi connectivity index (χ1v) is 8.38. The molecule has 20 heavy (non-hydrogen) atoms. The first-order valence-electron chi connectivity index (χ1n) is 6.89. The molecule has 0 saturated heterocycles. The van der Waals surface area contributed by atoms with Crippen LogP contribution in [0.2, 0.25) is 0 Å². The molecule has 0 bridgehead atoms. The fraction of sp³-hybridized carbons (Fsp3) is 0.615. The van der Waals surface area contributed by atoms with Crippen molar-refractivity contribution in [2.75, 3.05) is 18.5 Å². The molecule has 0 atom stereocenters. The van der Waals surface area contributed by atoms with Crippen molar-refractivity contribution in [3.8, 4) is 0 Å². The summed E-state index contributed by atoms with van der Waals surface area (Å²) in [5, 5.41) is 3.07. The molecule has 1 aliphatic rings. The van der Waals surface area contributed by atoms with Crippen molar-refractivity contribution < 1.29 is 13.2 Å². The van der Waals surface area contributed by atoms with E-state index >= 15 is 0 Å². The summed E-state index contributed by atoms with van der Waals surface area (Å²) in [4.78, 5) is 3.99. The lowest BCUT2D eigenvalue weighted by Crippen LogP contribution is -2.47. The second-order valence-electron chi connectivity index (χ2n) is 4.75. The van der Waals surface area contributed by atoms with E-state index in [0.717, 1.165) is 12.8 Å². The Morgan fingerprint density at radius 3 is 2.80 bits per heavy atom. The number of nitrogens with zero attached hydrogens (tertiary/aromatic N) is 1. The molecule has 1 aliphatic carbocycles. The summed E-state index contributed by atoms with van der Waals surface area (Å²) in [7, 11) is -3.59. The quantitative estimate of drug-likeness (QED) is 0.794. The van der Waals surface area contributed by atoms with Crippen molar-refractivity contribution in [3.63, 3.8) is 0 Å². The highest BCUT2D eigenvalue weighted by atomic mass is 32.2. The molecule has 1 fully saturated rings. The van der Waals surface area contributed by atoms with Crippen LogP contribution in [-0.2, 0) is 14.8 Å². The van der Waals surface area contributed by atoms with Crippen LogP contribution in [0, 0.1) is 0 Å². The van der Waals surface area contributed by atoms with E-state index in [4.69, 9.17) is 4.74 Å². The van der Waals surface area contributed by atoms with Crippen LogP contribution >= 0.6 is 0 Å². The Morgan fingerprint density at radius 2 is 2.15 bits per heavy atom. The Labute approximate surface area is 120 Å². The Kier molecular flexibility index (Phi) is 4.95. The first-order chi connectivity index (χ1) is 9.56. The summed E-state index contributed by atoms with van der Waals surface area (Å²) in [6.45, 7) is 5.16. The molecule has 112 valence electrons. The average molecular weight is 299 g/mol. The molecule has 6 nitrogen and oxygen atoms in total. The van der Waals surface area contributed by atoms with Crippen LogP contribution in [-0.4, -0.2) is 38.7 Å². The molecule has 0 aromatic carbocycles. The highest BCUT2D eigenvalue weighted by Gasteiger charge is 2.34. The predicted octanol–water partition coefficient (Wildman–Crippen LogP) is 1.36. The highest BCUT2D eigenvalue weighted by molar-refractivity contribution is 7.89. The number of hydrogen-bond donors (Lipinski definition) is 2. The third-order valence-corrected chi connectivity index (χ3v) is 4.69. The van der Waals surface area contributed by atoms with Crippen LogP contribution in [0.15, 0.2) is 23.4 Å². The van der Waals surface area contributed by atoms with Gasteiger partial charge in [0.2, 0.25) is 0 Å². The van der Waals surface area contributed by atoms with Gasteiger partial charge < -0.3 is 10.1 Å². The van der Waals surface area contributed by atoms with Crippen molar-refractivity contribution in [2.45, 2.75) is 43.9 Å². The van der Waals surface area contributed by atoms with Crippen LogP contribution in [0.4, 0.5) is 5.69 Å². The SMILES string of the molecule is CCNc1cccnc1S(=O)(=O)NC1CC(OCC)C1. The number of ether oxygens (including phenoxy) is 1. The van der Waals surface area contributed by atoms with E-state index in [-0.39, 0.29) is 17.2 Å². The summed E-state index contributed by atoms with van der Waals surface area (Å²) in [5.74, 6) is 0. The number of sulfonamides is 1. The van der Waals surface area contributed by atoms with Gasteiger partial charge in [0.05, 0.1) is 11.8 Å². The van der Waals surface area contributed by atoms with E-state index in [0.29, 0.717) is 18.8 Å². The zero-order valence-electron chi connectivity index (χ0n) is 11.8. The van der Waals surface area contributed by atoms with Gasteiger partial charge in [-0.3, -0.25) is 0 Å². The van der Waals surface area contributed by atoms with Gasteiger partial charge in [-0.1, -0.05) is 0 Å². The van der Waals surface area contributed by atoms with Gasteiger partial charge in [0.1, 0.15) is 0 Å². The molecule has 0 aliphatic heterocycles.